The summed E-state index contributed by atoms with van der Waals surface area (Å²) in [4.78, 5) is 22.3. The molecular weight excluding hydrogens is 262 g/mol. The first kappa shape index (κ1) is 11.8. The molecule has 3 heterocycles. The zero-order valence-corrected chi connectivity index (χ0v) is 11.4. The molecule has 0 bridgehead atoms. The van der Waals surface area contributed by atoms with Crippen molar-refractivity contribution >= 4 is 34.3 Å². The van der Waals surface area contributed by atoms with Crippen molar-refractivity contribution < 1.29 is 0 Å². The van der Waals surface area contributed by atoms with Crippen molar-refractivity contribution in [3.8, 4) is 0 Å². The Hall–Kier alpha value is -2.22. The Morgan fingerprint density at radius 3 is 3.00 bits per heavy atom. The number of aromatic nitrogens is 5. The lowest BCUT2D eigenvalue weighted by atomic mass is 10.4. The molecule has 3 rings (SSSR count). The van der Waals surface area contributed by atoms with E-state index in [1.807, 2.05) is 22.8 Å². The molecule has 3 aromatic rings. The normalized spacial score (nSPS) is 10.8. The van der Waals surface area contributed by atoms with Gasteiger partial charge in [-0.1, -0.05) is 0 Å². The van der Waals surface area contributed by atoms with Crippen LogP contribution in [0.15, 0.2) is 17.2 Å². The van der Waals surface area contributed by atoms with Crippen molar-refractivity contribution in [1.29, 1.82) is 0 Å². The second kappa shape index (κ2) is 4.81. The predicted molar refractivity (Wildman–Crippen MR) is 75.5 cm³/mol. The minimum Gasteiger partial charge on any atom is -0.357 e. The first-order chi connectivity index (χ1) is 9.28. The smallest absolute Gasteiger partial charge is 0.226 e. The van der Waals surface area contributed by atoms with Crippen LogP contribution in [0.25, 0.3) is 11.2 Å². The molecule has 0 fully saturated rings. The van der Waals surface area contributed by atoms with Gasteiger partial charge >= 0.3 is 0 Å². The summed E-state index contributed by atoms with van der Waals surface area (Å²) >= 11 is 1.59. The van der Waals surface area contributed by atoms with Crippen LogP contribution in [0.2, 0.25) is 0 Å². The van der Waals surface area contributed by atoms with Gasteiger partial charge < -0.3 is 15.2 Å². The molecule has 19 heavy (non-hydrogen) atoms. The lowest BCUT2D eigenvalue weighted by Gasteiger charge is -2.17. The third-order valence-electron chi connectivity index (χ3n) is 2.73. The molecule has 0 saturated heterocycles. The second-order valence-corrected chi connectivity index (χ2v) is 4.78. The molecule has 0 radical (unpaired) electrons. The van der Waals surface area contributed by atoms with Gasteiger partial charge in [0.15, 0.2) is 11.5 Å². The fourth-order valence-corrected chi connectivity index (χ4v) is 2.39. The largest absolute Gasteiger partial charge is 0.357 e. The van der Waals surface area contributed by atoms with Crippen LogP contribution >= 0.6 is 11.3 Å². The van der Waals surface area contributed by atoms with Gasteiger partial charge in [0.05, 0.1) is 24.1 Å². The number of rotatable bonds is 4. The summed E-state index contributed by atoms with van der Waals surface area (Å²) in [5.74, 6) is 1.36. The Balaban J connectivity index is 2.00. The van der Waals surface area contributed by atoms with Gasteiger partial charge in [0, 0.05) is 19.5 Å². The summed E-state index contributed by atoms with van der Waals surface area (Å²) in [6.45, 7) is 0.692. The Bertz CT molecular complexity index is 675. The molecule has 3 aromatic heterocycles. The molecule has 0 aliphatic rings. The van der Waals surface area contributed by atoms with E-state index < -0.39 is 0 Å². The highest BCUT2D eigenvalue weighted by atomic mass is 32.1. The third-order valence-corrected chi connectivity index (χ3v) is 3.37. The second-order valence-electron chi connectivity index (χ2n) is 4.06. The van der Waals surface area contributed by atoms with Gasteiger partial charge in [-0.2, -0.15) is 9.97 Å². The number of aromatic amines is 1. The van der Waals surface area contributed by atoms with Crippen molar-refractivity contribution in [1.82, 2.24) is 24.9 Å². The first-order valence-electron chi connectivity index (χ1n) is 5.75. The monoisotopic (exact) mass is 275 g/mol. The van der Waals surface area contributed by atoms with Gasteiger partial charge in [-0.25, -0.2) is 9.97 Å². The zero-order valence-electron chi connectivity index (χ0n) is 10.6. The molecule has 0 saturated carbocycles. The molecule has 0 aliphatic heterocycles. The zero-order chi connectivity index (χ0) is 13.2. The van der Waals surface area contributed by atoms with Crippen molar-refractivity contribution in [2.45, 2.75) is 6.54 Å². The van der Waals surface area contributed by atoms with Gasteiger partial charge in [0.25, 0.3) is 0 Å². The fraction of sp³-hybridized carbons (Fsp3) is 0.273. The molecule has 8 heteroatoms. The van der Waals surface area contributed by atoms with Crippen LogP contribution in [0.5, 0.6) is 0 Å². The van der Waals surface area contributed by atoms with Crippen LogP contribution in [0.4, 0.5) is 11.8 Å². The standard InChI is InChI=1S/C11H13N7S/c1-12-11-16-9-8(13-5-14-9)10(17-11)18(2)3-7-4-19-6-15-7/h4-6H,3H2,1-2H3,(H2,12,13,14,16,17). The lowest BCUT2D eigenvalue weighted by Crippen LogP contribution is -2.19. The summed E-state index contributed by atoms with van der Waals surface area (Å²) < 4.78 is 0. The molecule has 0 amide bonds. The molecule has 98 valence electrons. The van der Waals surface area contributed by atoms with Crippen molar-refractivity contribution in [3.05, 3.63) is 22.9 Å². The number of H-pyrrole nitrogens is 1. The highest BCUT2D eigenvalue weighted by molar-refractivity contribution is 7.07. The number of imidazole rings is 1. The summed E-state index contributed by atoms with van der Waals surface area (Å²) in [6, 6.07) is 0. The number of anilines is 2. The van der Waals surface area contributed by atoms with E-state index in [0.717, 1.165) is 17.0 Å². The van der Waals surface area contributed by atoms with Gasteiger partial charge in [-0.05, 0) is 0 Å². The lowest BCUT2D eigenvalue weighted by molar-refractivity contribution is 0.875. The van der Waals surface area contributed by atoms with Gasteiger partial charge in [0.1, 0.15) is 5.52 Å². The van der Waals surface area contributed by atoms with E-state index in [9.17, 15) is 0 Å². The summed E-state index contributed by atoms with van der Waals surface area (Å²) in [5.41, 5.74) is 4.33. The molecule has 0 aromatic carbocycles. The van der Waals surface area contributed by atoms with Crippen LogP contribution < -0.4 is 10.2 Å². The number of thiazole rings is 1. The quantitative estimate of drug-likeness (QED) is 0.750. The highest BCUT2D eigenvalue weighted by Gasteiger charge is 2.14. The van der Waals surface area contributed by atoms with Gasteiger partial charge in [-0.3, -0.25) is 0 Å². The van der Waals surface area contributed by atoms with Crippen LogP contribution in [-0.4, -0.2) is 39.0 Å². The Morgan fingerprint density at radius 1 is 1.37 bits per heavy atom. The van der Waals surface area contributed by atoms with Crippen LogP contribution in [-0.2, 0) is 6.54 Å². The Morgan fingerprint density at radius 2 is 2.26 bits per heavy atom. The molecular formula is C11H13N7S. The Kier molecular flexibility index (Phi) is 3.00. The first-order valence-corrected chi connectivity index (χ1v) is 6.69. The number of fused-ring (bicyclic) bond motifs is 1. The number of hydrogen-bond donors (Lipinski definition) is 2. The van der Waals surface area contributed by atoms with E-state index in [2.05, 4.69) is 30.2 Å². The maximum atomic E-state index is 4.48. The molecule has 0 aliphatic carbocycles. The Labute approximate surface area is 113 Å². The summed E-state index contributed by atoms with van der Waals surface area (Å²) in [5, 5.41) is 4.98. The predicted octanol–water partition coefficient (Wildman–Crippen LogP) is 1.49. The maximum Gasteiger partial charge on any atom is 0.226 e. The van der Waals surface area contributed by atoms with E-state index >= 15 is 0 Å². The minimum absolute atomic E-state index is 0.555. The molecule has 0 unspecified atom stereocenters. The van der Waals surface area contributed by atoms with Crippen LogP contribution in [0, 0.1) is 0 Å². The average molecular weight is 275 g/mol. The number of nitrogens with one attached hydrogen (secondary N) is 2. The molecule has 7 nitrogen and oxygen atoms in total. The van der Waals surface area contributed by atoms with Crippen LogP contribution in [0.1, 0.15) is 5.69 Å². The van der Waals surface area contributed by atoms with Gasteiger partial charge in [0.2, 0.25) is 5.95 Å². The molecule has 0 atom stereocenters. The van der Waals surface area contributed by atoms with Crippen molar-refractivity contribution in [2.75, 3.05) is 24.3 Å². The van der Waals surface area contributed by atoms with E-state index in [4.69, 9.17) is 0 Å². The highest BCUT2D eigenvalue weighted by Crippen LogP contribution is 2.22. The summed E-state index contributed by atoms with van der Waals surface area (Å²) in [7, 11) is 3.76. The topological polar surface area (TPSA) is 82.6 Å². The fourth-order valence-electron chi connectivity index (χ4n) is 1.84. The van der Waals surface area contributed by atoms with E-state index in [1.165, 1.54) is 0 Å². The van der Waals surface area contributed by atoms with E-state index in [0.29, 0.717) is 18.1 Å². The van der Waals surface area contributed by atoms with Crippen molar-refractivity contribution in [2.24, 2.45) is 0 Å². The maximum absolute atomic E-state index is 4.48. The van der Waals surface area contributed by atoms with Crippen LogP contribution in [0.3, 0.4) is 0 Å². The van der Waals surface area contributed by atoms with E-state index in [-0.39, 0.29) is 0 Å². The summed E-state index contributed by atoms with van der Waals surface area (Å²) in [6.07, 6.45) is 1.62. The van der Waals surface area contributed by atoms with Crippen molar-refractivity contribution in [3.63, 3.8) is 0 Å². The van der Waals surface area contributed by atoms with Gasteiger partial charge in [-0.15, -0.1) is 11.3 Å². The number of nitrogens with zero attached hydrogens (tertiary/aromatic N) is 5. The average Bonchev–Trinajstić information content (AvgIpc) is 3.07. The molecule has 0 spiro atoms. The van der Waals surface area contributed by atoms with E-state index in [1.54, 1.807) is 24.7 Å². The number of hydrogen-bond acceptors (Lipinski definition) is 7. The molecule has 2 N–H and O–H groups in total. The minimum atomic E-state index is 0.555. The SMILES string of the molecule is CNc1nc(N(C)Cc2cscn2)c2[nH]cnc2n1. The third kappa shape index (κ3) is 2.22.